The summed E-state index contributed by atoms with van der Waals surface area (Å²) in [5.74, 6) is 4.31. The van der Waals surface area contributed by atoms with Crippen molar-refractivity contribution in [1.29, 1.82) is 0 Å². The van der Waals surface area contributed by atoms with E-state index in [1.165, 1.54) is 0 Å². The van der Waals surface area contributed by atoms with Crippen LogP contribution < -0.4 is 5.73 Å². The summed E-state index contributed by atoms with van der Waals surface area (Å²) in [6.45, 7) is 0. The second kappa shape index (κ2) is 5.88. The van der Waals surface area contributed by atoms with E-state index in [9.17, 15) is 13.2 Å². The van der Waals surface area contributed by atoms with Gasteiger partial charge in [-0.05, 0) is 30.9 Å². The summed E-state index contributed by atoms with van der Waals surface area (Å²) >= 11 is 0. The van der Waals surface area contributed by atoms with Crippen molar-refractivity contribution in [3.8, 4) is 11.8 Å². The molecule has 2 N–H and O–H groups in total. The second-order valence-electron chi connectivity index (χ2n) is 5.32. The summed E-state index contributed by atoms with van der Waals surface area (Å²) in [6, 6.07) is 8.66. The van der Waals surface area contributed by atoms with Gasteiger partial charge in [0.2, 0.25) is 0 Å². The van der Waals surface area contributed by atoms with Crippen LogP contribution in [0.2, 0.25) is 0 Å². The fourth-order valence-corrected chi connectivity index (χ4v) is 2.66. The molecule has 1 atom stereocenters. The standard InChI is InChI=1S/C16H18F3N/c17-16(18,19)15(20,14-9-5-2-6-10-14)12-11-13-7-3-1-4-8-13/h1,3-4,7-8,14H,2,5-6,9-10,20H2. The fraction of sp³-hybridized carbons (Fsp3) is 0.500. The highest BCUT2D eigenvalue weighted by Crippen LogP contribution is 2.40. The van der Waals surface area contributed by atoms with Crippen LogP contribution in [0.4, 0.5) is 13.2 Å². The molecular formula is C16H18F3N. The van der Waals surface area contributed by atoms with E-state index >= 15 is 0 Å². The number of hydrogen-bond acceptors (Lipinski definition) is 1. The molecule has 1 aromatic carbocycles. The third-order valence-corrected chi connectivity index (χ3v) is 3.91. The van der Waals surface area contributed by atoms with Crippen molar-refractivity contribution in [2.24, 2.45) is 11.7 Å². The molecule has 0 aliphatic heterocycles. The normalized spacial score (nSPS) is 19.8. The SMILES string of the molecule is NC(C#Cc1ccccc1)(C1CCCCC1)C(F)(F)F. The van der Waals surface area contributed by atoms with Gasteiger partial charge in [-0.1, -0.05) is 49.3 Å². The van der Waals surface area contributed by atoms with Crippen LogP contribution in [-0.2, 0) is 0 Å². The zero-order valence-electron chi connectivity index (χ0n) is 11.2. The molecule has 2 rings (SSSR count). The number of alkyl halides is 3. The van der Waals surface area contributed by atoms with Crippen molar-refractivity contribution in [3.63, 3.8) is 0 Å². The van der Waals surface area contributed by atoms with E-state index in [0.29, 0.717) is 18.4 Å². The van der Waals surface area contributed by atoms with E-state index in [2.05, 4.69) is 11.8 Å². The van der Waals surface area contributed by atoms with Gasteiger partial charge in [-0.25, -0.2) is 0 Å². The van der Waals surface area contributed by atoms with Crippen LogP contribution in [0.25, 0.3) is 0 Å². The monoisotopic (exact) mass is 281 g/mol. The summed E-state index contributed by atoms with van der Waals surface area (Å²) in [6.07, 6.45) is -0.925. The van der Waals surface area contributed by atoms with Crippen LogP contribution in [0, 0.1) is 17.8 Å². The minimum absolute atomic E-state index is 0.499. The molecule has 20 heavy (non-hydrogen) atoms. The summed E-state index contributed by atoms with van der Waals surface area (Å²) in [5, 5.41) is 0. The van der Waals surface area contributed by atoms with Crippen molar-refractivity contribution in [1.82, 2.24) is 0 Å². The Morgan fingerprint density at radius 3 is 2.15 bits per heavy atom. The summed E-state index contributed by atoms with van der Waals surface area (Å²) < 4.78 is 40.1. The average Bonchev–Trinajstić information content (AvgIpc) is 2.45. The van der Waals surface area contributed by atoms with E-state index in [-0.39, 0.29) is 0 Å². The van der Waals surface area contributed by atoms with Crippen LogP contribution in [0.15, 0.2) is 30.3 Å². The topological polar surface area (TPSA) is 26.0 Å². The third-order valence-electron chi connectivity index (χ3n) is 3.91. The largest absolute Gasteiger partial charge is 0.418 e. The van der Waals surface area contributed by atoms with E-state index < -0.39 is 17.6 Å². The van der Waals surface area contributed by atoms with Gasteiger partial charge in [0.15, 0.2) is 5.54 Å². The maximum absolute atomic E-state index is 13.4. The predicted molar refractivity (Wildman–Crippen MR) is 72.9 cm³/mol. The van der Waals surface area contributed by atoms with Gasteiger partial charge in [0.05, 0.1) is 0 Å². The molecule has 4 heteroatoms. The molecule has 1 fully saturated rings. The fourth-order valence-electron chi connectivity index (χ4n) is 2.66. The Kier molecular flexibility index (Phi) is 4.39. The van der Waals surface area contributed by atoms with Crippen LogP contribution in [0.5, 0.6) is 0 Å². The van der Waals surface area contributed by atoms with E-state index in [1.54, 1.807) is 30.3 Å². The molecule has 0 heterocycles. The van der Waals surface area contributed by atoms with Gasteiger partial charge in [0.1, 0.15) is 0 Å². The van der Waals surface area contributed by atoms with Crippen LogP contribution in [0.3, 0.4) is 0 Å². The number of rotatable bonds is 1. The quantitative estimate of drug-likeness (QED) is 0.777. The van der Waals surface area contributed by atoms with E-state index in [4.69, 9.17) is 5.73 Å². The summed E-state index contributed by atoms with van der Waals surface area (Å²) in [5.41, 5.74) is 3.86. The Labute approximate surface area is 117 Å². The van der Waals surface area contributed by atoms with Gasteiger partial charge in [-0.15, -0.1) is 0 Å². The number of benzene rings is 1. The highest BCUT2D eigenvalue weighted by molar-refractivity contribution is 5.37. The molecule has 1 saturated carbocycles. The average molecular weight is 281 g/mol. The first kappa shape index (κ1) is 14.9. The minimum Gasteiger partial charge on any atom is -0.307 e. The van der Waals surface area contributed by atoms with Gasteiger partial charge < -0.3 is 5.73 Å². The van der Waals surface area contributed by atoms with Crippen molar-refractivity contribution in [2.45, 2.75) is 43.8 Å². The molecule has 0 aromatic heterocycles. The van der Waals surface area contributed by atoms with Crippen molar-refractivity contribution < 1.29 is 13.2 Å². The molecule has 0 radical (unpaired) electrons. The van der Waals surface area contributed by atoms with Crippen LogP contribution in [-0.4, -0.2) is 11.7 Å². The predicted octanol–water partition coefficient (Wildman–Crippen LogP) is 3.88. The zero-order chi connectivity index (χ0) is 14.6. The first-order chi connectivity index (χ1) is 9.43. The molecule has 1 aliphatic carbocycles. The van der Waals surface area contributed by atoms with Gasteiger partial charge in [0, 0.05) is 5.56 Å². The van der Waals surface area contributed by atoms with Crippen molar-refractivity contribution in [3.05, 3.63) is 35.9 Å². The molecule has 1 unspecified atom stereocenters. The lowest BCUT2D eigenvalue weighted by Gasteiger charge is -2.37. The lowest BCUT2D eigenvalue weighted by Crippen LogP contribution is -2.58. The highest BCUT2D eigenvalue weighted by Gasteiger charge is 2.55. The molecule has 0 amide bonds. The first-order valence-electron chi connectivity index (χ1n) is 6.87. The Morgan fingerprint density at radius 2 is 1.60 bits per heavy atom. The molecule has 0 saturated heterocycles. The van der Waals surface area contributed by atoms with Gasteiger partial charge in [-0.3, -0.25) is 0 Å². The molecule has 0 spiro atoms. The van der Waals surface area contributed by atoms with E-state index in [1.807, 2.05) is 0 Å². The minimum atomic E-state index is -4.50. The number of nitrogens with two attached hydrogens (primary N) is 1. The summed E-state index contributed by atoms with van der Waals surface area (Å²) in [4.78, 5) is 0. The molecule has 1 aromatic rings. The molecule has 108 valence electrons. The van der Waals surface area contributed by atoms with Gasteiger partial charge in [0.25, 0.3) is 0 Å². The Bertz CT molecular complexity index is 492. The van der Waals surface area contributed by atoms with Crippen LogP contribution >= 0.6 is 0 Å². The Morgan fingerprint density at radius 1 is 1.00 bits per heavy atom. The smallest absolute Gasteiger partial charge is 0.307 e. The third kappa shape index (κ3) is 3.16. The summed E-state index contributed by atoms with van der Waals surface area (Å²) in [7, 11) is 0. The second-order valence-corrected chi connectivity index (χ2v) is 5.32. The maximum atomic E-state index is 13.4. The number of halogens is 3. The lowest BCUT2D eigenvalue weighted by atomic mass is 9.75. The molecule has 1 aliphatic rings. The first-order valence-corrected chi connectivity index (χ1v) is 6.87. The van der Waals surface area contributed by atoms with Crippen molar-refractivity contribution >= 4 is 0 Å². The number of hydrogen-bond donors (Lipinski definition) is 1. The Balaban J connectivity index is 2.31. The molecular weight excluding hydrogens is 263 g/mol. The van der Waals surface area contributed by atoms with Crippen molar-refractivity contribution in [2.75, 3.05) is 0 Å². The van der Waals surface area contributed by atoms with Crippen LogP contribution in [0.1, 0.15) is 37.7 Å². The van der Waals surface area contributed by atoms with Gasteiger partial charge in [-0.2, -0.15) is 13.2 Å². The van der Waals surface area contributed by atoms with Gasteiger partial charge >= 0.3 is 6.18 Å². The highest BCUT2D eigenvalue weighted by atomic mass is 19.4. The zero-order valence-corrected chi connectivity index (χ0v) is 11.2. The Hall–Kier alpha value is -1.47. The lowest BCUT2D eigenvalue weighted by molar-refractivity contribution is -0.185. The maximum Gasteiger partial charge on any atom is 0.418 e. The molecule has 0 bridgehead atoms. The molecule has 1 nitrogen and oxygen atoms in total. The van der Waals surface area contributed by atoms with E-state index in [0.717, 1.165) is 19.3 Å².